The quantitative estimate of drug-likeness (QED) is 0.549. The van der Waals surface area contributed by atoms with Crippen molar-refractivity contribution in [1.82, 2.24) is 5.32 Å². The Morgan fingerprint density at radius 2 is 1.79 bits per heavy atom. The minimum Gasteiger partial charge on any atom is -0.454 e. The van der Waals surface area contributed by atoms with E-state index >= 15 is 0 Å². The molecule has 3 N–H and O–H groups in total. The van der Waals surface area contributed by atoms with Gasteiger partial charge in [-0.05, 0) is 60.5 Å². The first-order valence-electron chi connectivity index (χ1n) is 9.01. The number of benzene rings is 3. The lowest BCUT2D eigenvalue weighted by molar-refractivity contribution is 0.102. The Kier molecular flexibility index (Phi) is 5.10. The number of carbonyl (C=O) groups is 2. The van der Waals surface area contributed by atoms with Crippen LogP contribution in [0.5, 0.6) is 11.5 Å². The van der Waals surface area contributed by atoms with Gasteiger partial charge in [0.05, 0.1) is 11.3 Å². The van der Waals surface area contributed by atoms with Gasteiger partial charge < -0.3 is 20.7 Å². The topological polar surface area (TPSA) is 79.5 Å². The van der Waals surface area contributed by atoms with E-state index in [4.69, 9.17) is 16.3 Å². The molecule has 0 aliphatic carbocycles. The molecule has 3 aromatic carbocycles. The maximum atomic E-state index is 12.6. The molecule has 3 amide bonds. The number of fused-ring (bicyclic) bond motifs is 2. The third kappa shape index (κ3) is 4.33. The number of hydrogen-bond donors (Lipinski definition) is 3. The van der Waals surface area contributed by atoms with Crippen LogP contribution in [0.4, 0.5) is 16.2 Å². The molecule has 3 aromatic rings. The lowest BCUT2D eigenvalue weighted by Gasteiger charge is -2.11. The van der Waals surface area contributed by atoms with Gasteiger partial charge in [-0.1, -0.05) is 29.8 Å². The predicted molar refractivity (Wildman–Crippen MR) is 113 cm³/mol. The molecular weight excluding hydrogens is 390 g/mol. The van der Waals surface area contributed by atoms with Crippen LogP contribution < -0.4 is 20.7 Å². The molecule has 29 heavy (non-hydrogen) atoms. The number of amides is 3. The zero-order chi connectivity index (χ0) is 20.4. The average molecular weight is 408 g/mol. The van der Waals surface area contributed by atoms with Crippen molar-refractivity contribution in [3.05, 3.63) is 82.4 Å². The van der Waals surface area contributed by atoms with Gasteiger partial charge in [0.25, 0.3) is 5.91 Å². The first-order chi connectivity index (χ1) is 14.0. The van der Waals surface area contributed by atoms with E-state index in [1.54, 1.807) is 30.3 Å². The molecule has 0 saturated heterocycles. The van der Waals surface area contributed by atoms with Gasteiger partial charge in [-0.25, -0.2) is 4.79 Å². The average Bonchev–Trinajstić information content (AvgIpc) is 2.83. The van der Waals surface area contributed by atoms with Crippen molar-refractivity contribution in [3.63, 3.8) is 0 Å². The molecule has 146 valence electrons. The summed E-state index contributed by atoms with van der Waals surface area (Å²) in [5.41, 5.74) is 3.37. The van der Waals surface area contributed by atoms with Crippen LogP contribution in [0.2, 0.25) is 5.02 Å². The molecule has 6 nitrogen and oxygen atoms in total. The fourth-order valence-electron chi connectivity index (χ4n) is 2.97. The van der Waals surface area contributed by atoms with E-state index in [9.17, 15) is 9.59 Å². The number of urea groups is 1. The zero-order valence-corrected chi connectivity index (χ0v) is 16.3. The van der Waals surface area contributed by atoms with E-state index in [1.807, 2.05) is 37.3 Å². The summed E-state index contributed by atoms with van der Waals surface area (Å²) >= 11 is 5.86. The van der Waals surface area contributed by atoms with Crippen molar-refractivity contribution in [3.8, 4) is 11.5 Å². The van der Waals surface area contributed by atoms with Crippen LogP contribution in [-0.4, -0.2) is 11.9 Å². The van der Waals surface area contributed by atoms with Gasteiger partial charge in [-0.3, -0.25) is 4.79 Å². The molecule has 0 atom stereocenters. The fourth-order valence-corrected chi connectivity index (χ4v) is 3.10. The standard InChI is InChI=1S/C22H18ClN3O3/c1-13-2-8-20-18(10-13)26-21(27)17-11-16(7-9-19(17)29-20)25-22(28)24-12-14-3-5-15(23)6-4-14/h2-11H,12H2,1H3,(H,26,27)(H2,24,25,28). The van der Waals surface area contributed by atoms with Gasteiger partial charge in [0.1, 0.15) is 5.75 Å². The molecule has 0 unspecified atom stereocenters. The first kappa shape index (κ1) is 18.8. The second-order valence-electron chi connectivity index (χ2n) is 6.70. The second-order valence-corrected chi connectivity index (χ2v) is 7.14. The maximum Gasteiger partial charge on any atom is 0.319 e. The number of anilines is 2. The highest BCUT2D eigenvalue weighted by atomic mass is 35.5. The Morgan fingerprint density at radius 3 is 2.59 bits per heavy atom. The van der Waals surface area contributed by atoms with Gasteiger partial charge >= 0.3 is 6.03 Å². The monoisotopic (exact) mass is 407 g/mol. The number of nitrogens with one attached hydrogen (secondary N) is 3. The van der Waals surface area contributed by atoms with Crippen LogP contribution in [0, 0.1) is 6.92 Å². The molecule has 0 bridgehead atoms. The summed E-state index contributed by atoms with van der Waals surface area (Å²) in [7, 11) is 0. The van der Waals surface area contributed by atoms with E-state index in [1.165, 1.54) is 0 Å². The fraction of sp³-hybridized carbons (Fsp3) is 0.0909. The number of ether oxygens (including phenoxy) is 1. The summed E-state index contributed by atoms with van der Waals surface area (Å²) in [6, 6.07) is 17.3. The Hall–Kier alpha value is -3.51. The summed E-state index contributed by atoms with van der Waals surface area (Å²) in [5, 5.41) is 8.99. The minimum absolute atomic E-state index is 0.297. The molecule has 0 aromatic heterocycles. The van der Waals surface area contributed by atoms with Gasteiger partial charge in [0.15, 0.2) is 5.75 Å². The summed E-state index contributed by atoms with van der Waals surface area (Å²) in [5.74, 6) is 0.705. The molecule has 0 radical (unpaired) electrons. The summed E-state index contributed by atoms with van der Waals surface area (Å²) in [6.45, 7) is 2.29. The van der Waals surface area contributed by atoms with Crippen LogP contribution >= 0.6 is 11.6 Å². The molecule has 0 fully saturated rings. The minimum atomic E-state index is -0.381. The number of aryl methyl sites for hydroxylation is 1. The van der Waals surface area contributed by atoms with E-state index in [0.717, 1.165) is 11.1 Å². The molecule has 0 spiro atoms. The van der Waals surface area contributed by atoms with Crippen molar-refractivity contribution in [2.24, 2.45) is 0 Å². The third-order valence-electron chi connectivity index (χ3n) is 4.45. The van der Waals surface area contributed by atoms with E-state index in [0.29, 0.717) is 40.0 Å². The Morgan fingerprint density at radius 1 is 1.03 bits per heavy atom. The van der Waals surface area contributed by atoms with Crippen molar-refractivity contribution in [2.75, 3.05) is 10.6 Å². The molecule has 4 rings (SSSR count). The highest BCUT2D eigenvalue weighted by molar-refractivity contribution is 6.30. The normalized spacial score (nSPS) is 12.0. The Bertz CT molecular complexity index is 1100. The molecule has 7 heteroatoms. The van der Waals surface area contributed by atoms with Crippen molar-refractivity contribution >= 4 is 34.9 Å². The molecule has 0 saturated carbocycles. The number of rotatable bonds is 3. The molecule has 1 aliphatic heterocycles. The van der Waals surface area contributed by atoms with Crippen molar-refractivity contribution < 1.29 is 14.3 Å². The van der Waals surface area contributed by atoms with Gasteiger partial charge in [0.2, 0.25) is 0 Å². The summed E-state index contributed by atoms with van der Waals surface area (Å²) in [4.78, 5) is 24.8. The van der Waals surface area contributed by atoms with Crippen LogP contribution in [0.1, 0.15) is 21.5 Å². The van der Waals surface area contributed by atoms with Gasteiger partial charge in [-0.2, -0.15) is 0 Å². The molecule has 1 heterocycles. The third-order valence-corrected chi connectivity index (χ3v) is 4.70. The number of carbonyl (C=O) groups excluding carboxylic acids is 2. The lowest BCUT2D eigenvalue weighted by Crippen LogP contribution is -2.28. The maximum absolute atomic E-state index is 12.6. The van der Waals surface area contributed by atoms with E-state index in [2.05, 4.69) is 16.0 Å². The second kappa shape index (κ2) is 7.85. The van der Waals surface area contributed by atoms with Gasteiger partial charge in [0, 0.05) is 17.3 Å². The largest absolute Gasteiger partial charge is 0.454 e. The van der Waals surface area contributed by atoms with Crippen LogP contribution in [0.3, 0.4) is 0 Å². The smallest absolute Gasteiger partial charge is 0.319 e. The Labute approximate surface area is 172 Å². The Balaban J connectivity index is 1.46. The molecular formula is C22H18ClN3O3. The number of halogens is 1. The van der Waals surface area contributed by atoms with E-state index in [-0.39, 0.29) is 11.9 Å². The van der Waals surface area contributed by atoms with Crippen molar-refractivity contribution in [2.45, 2.75) is 13.5 Å². The highest BCUT2D eigenvalue weighted by Gasteiger charge is 2.21. The van der Waals surface area contributed by atoms with Gasteiger partial charge in [-0.15, -0.1) is 0 Å². The summed E-state index contributed by atoms with van der Waals surface area (Å²) in [6.07, 6.45) is 0. The van der Waals surface area contributed by atoms with Crippen LogP contribution in [0.15, 0.2) is 60.7 Å². The first-order valence-corrected chi connectivity index (χ1v) is 9.39. The summed E-state index contributed by atoms with van der Waals surface area (Å²) < 4.78 is 5.88. The lowest BCUT2D eigenvalue weighted by atomic mass is 10.1. The van der Waals surface area contributed by atoms with E-state index < -0.39 is 0 Å². The predicted octanol–water partition coefficient (Wildman–Crippen LogP) is 5.33. The highest BCUT2D eigenvalue weighted by Crippen LogP contribution is 2.37. The molecule has 1 aliphatic rings. The zero-order valence-electron chi connectivity index (χ0n) is 15.6. The SMILES string of the molecule is Cc1ccc2c(c1)NC(=O)c1cc(NC(=O)NCc3ccc(Cl)cc3)ccc1O2. The van der Waals surface area contributed by atoms with Crippen LogP contribution in [-0.2, 0) is 6.54 Å². The van der Waals surface area contributed by atoms with Crippen molar-refractivity contribution in [1.29, 1.82) is 0 Å². The van der Waals surface area contributed by atoms with Crippen LogP contribution in [0.25, 0.3) is 0 Å². The number of hydrogen-bond acceptors (Lipinski definition) is 3.